The molecule has 0 unspecified atom stereocenters. The van der Waals surface area contributed by atoms with Gasteiger partial charge >= 0.3 is 5.97 Å². The highest BCUT2D eigenvalue weighted by Gasteiger charge is 2.38. The summed E-state index contributed by atoms with van der Waals surface area (Å²) in [7, 11) is -3.26. The van der Waals surface area contributed by atoms with E-state index in [1.807, 2.05) is 6.92 Å². The van der Waals surface area contributed by atoms with E-state index in [4.69, 9.17) is 4.74 Å². The molecular formula is C21H35NO5S. The monoisotopic (exact) mass is 413 g/mol. The molecule has 0 saturated carbocycles. The molecule has 0 aromatic carbocycles. The van der Waals surface area contributed by atoms with E-state index in [0.717, 1.165) is 25.7 Å². The zero-order chi connectivity index (χ0) is 20.7. The summed E-state index contributed by atoms with van der Waals surface area (Å²) in [5.41, 5.74) is 0. The lowest BCUT2D eigenvalue weighted by molar-refractivity contribution is -0.145. The molecule has 6 nitrogen and oxygen atoms in total. The van der Waals surface area contributed by atoms with Gasteiger partial charge in [0.25, 0.3) is 0 Å². The number of rotatable bonds is 1. The van der Waals surface area contributed by atoms with Crippen LogP contribution in [0.5, 0.6) is 0 Å². The molecule has 1 fully saturated rings. The minimum Gasteiger partial charge on any atom is -0.460 e. The Labute approximate surface area is 169 Å². The number of cyclic esters (lactones) is 1. The molecule has 0 aromatic heterocycles. The lowest BCUT2D eigenvalue weighted by atomic mass is 9.91. The smallest absolute Gasteiger partial charge is 0.309 e. The van der Waals surface area contributed by atoms with Crippen LogP contribution in [0.2, 0.25) is 0 Å². The highest BCUT2D eigenvalue weighted by molar-refractivity contribution is 7.91. The Morgan fingerprint density at radius 3 is 2.39 bits per heavy atom. The SMILES string of the molecule is C[C@@H]1CCC=CCCCCS(=O)(=O)C[C@@H](C)C(=O)N[C@H]([C@@H]2C[C@@H](C)C(=O)O2)C1. The molecule has 28 heavy (non-hydrogen) atoms. The van der Waals surface area contributed by atoms with Crippen molar-refractivity contribution in [2.45, 2.75) is 77.9 Å². The van der Waals surface area contributed by atoms with Gasteiger partial charge in [0.2, 0.25) is 5.91 Å². The van der Waals surface area contributed by atoms with Crippen LogP contribution in [0.15, 0.2) is 12.2 Å². The number of sulfone groups is 1. The third-order valence-corrected chi connectivity index (χ3v) is 7.63. The average Bonchev–Trinajstić information content (AvgIpc) is 2.94. The Morgan fingerprint density at radius 1 is 1.00 bits per heavy atom. The fraction of sp³-hybridized carbons (Fsp3) is 0.810. The average molecular weight is 414 g/mol. The van der Waals surface area contributed by atoms with E-state index in [0.29, 0.717) is 25.2 Å². The Morgan fingerprint density at radius 2 is 1.71 bits per heavy atom. The minimum absolute atomic E-state index is 0.122. The van der Waals surface area contributed by atoms with Gasteiger partial charge in [-0.15, -0.1) is 0 Å². The molecule has 0 aromatic rings. The molecule has 5 atom stereocenters. The van der Waals surface area contributed by atoms with Crippen molar-refractivity contribution in [1.82, 2.24) is 5.32 Å². The molecule has 2 aliphatic heterocycles. The number of esters is 1. The Kier molecular flexibility index (Phi) is 8.53. The van der Waals surface area contributed by atoms with Gasteiger partial charge < -0.3 is 10.1 Å². The Bertz CT molecular complexity index is 672. The van der Waals surface area contributed by atoms with Crippen molar-refractivity contribution >= 4 is 21.7 Å². The quantitative estimate of drug-likeness (QED) is 0.527. The van der Waals surface area contributed by atoms with Crippen LogP contribution in [0.25, 0.3) is 0 Å². The van der Waals surface area contributed by atoms with Crippen LogP contribution in [0.1, 0.15) is 65.7 Å². The predicted molar refractivity (Wildman–Crippen MR) is 109 cm³/mol. The Hall–Kier alpha value is -1.37. The molecule has 0 radical (unpaired) electrons. The van der Waals surface area contributed by atoms with Gasteiger partial charge in [-0.25, -0.2) is 8.42 Å². The maximum Gasteiger partial charge on any atom is 0.309 e. The van der Waals surface area contributed by atoms with Crippen LogP contribution < -0.4 is 5.32 Å². The first-order chi connectivity index (χ1) is 13.2. The van der Waals surface area contributed by atoms with Crippen molar-refractivity contribution in [1.29, 1.82) is 0 Å². The van der Waals surface area contributed by atoms with E-state index < -0.39 is 15.8 Å². The second-order valence-electron chi connectivity index (χ2n) is 8.63. The highest BCUT2D eigenvalue weighted by Crippen LogP contribution is 2.27. The molecule has 2 heterocycles. The molecule has 1 saturated heterocycles. The van der Waals surface area contributed by atoms with Gasteiger partial charge in [-0.05, 0) is 50.9 Å². The van der Waals surface area contributed by atoms with Crippen LogP contribution >= 0.6 is 0 Å². The summed E-state index contributed by atoms with van der Waals surface area (Å²) in [6.45, 7) is 5.63. The number of nitrogens with one attached hydrogen (secondary N) is 1. The fourth-order valence-corrected chi connectivity index (χ4v) is 5.65. The maximum atomic E-state index is 12.7. The first-order valence-electron chi connectivity index (χ1n) is 10.5. The van der Waals surface area contributed by atoms with E-state index in [1.165, 1.54) is 0 Å². The van der Waals surface area contributed by atoms with E-state index in [1.54, 1.807) is 6.92 Å². The lowest BCUT2D eigenvalue weighted by Crippen LogP contribution is -2.47. The Balaban J connectivity index is 2.13. The normalized spacial score (nSPS) is 35.9. The molecule has 0 bridgehead atoms. The van der Waals surface area contributed by atoms with Gasteiger partial charge in [0.15, 0.2) is 9.84 Å². The fourth-order valence-electron chi connectivity index (χ4n) is 3.93. The summed E-state index contributed by atoms with van der Waals surface area (Å²) < 4.78 is 30.2. The third kappa shape index (κ3) is 7.22. The second kappa shape index (κ2) is 10.4. The van der Waals surface area contributed by atoms with Crippen LogP contribution in [0, 0.1) is 17.8 Å². The minimum atomic E-state index is -3.26. The van der Waals surface area contributed by atoms with E-state index in [9.17, 15) is 18.0 Å². The molecule has 1 N–H and O–H groups in total. The van der Waals surface area contributed by atoms with Crippen LogP contribution in [0.4, 0.5) is 0 Å². The summed E-state index contributed by atoms with van der Waals surface area (Å²) in [6.07, 6.45) is 9.56. The summed E-state index contributed by atoms with van der Waals surface area (Å²) in [4.78, 5) is 24.6. The van der Waals surface area contributed by atoms with Gasteiger partial charge in [-0.3, -0.25) is 9.59 Å². The summed E-state index contributed by atoms with van der Waals surface area (Å²) >= 11 is 0. The van der Waals surface area contributed by atoms with Gasteiger partial charge in [-0.1, -0.05) is 32.9 Å². The van der Waals surface area contributed by atoms with Crippen molar-refractivity contribution in [2.24, 2.45) is 17.8 Å². The van der Waals surface area contributed by atoms with Crippen molar-refractivity contribution in [3.05, 3.63) is 12.2 Å². The molecule has 1 amide bonds. The largest absolute Gasteiger partial charge is 0.460 e. The molecule has 2 aliphatic rings. The number of hydrogen-bond donors (Lipinski definition) is 1. The van der Waals surface area contributed by atoms with Crippen LogP contribution in [-0.4, -0.2) is 43.9 Å². The third-order valence-electron chi connectivity index (χ3n) is 5.71. The number of hydrogen-bond acceptors (Lipinski definition) is 5. The number of allylic oxidation sites excluding steroid dienone is 2. The number of ether oxygens (including phenoxy) is 1. The summed E-state index contributed by atoms with van der Waals surface area (Å²) in [6, 6.07) is -0.279. The van der Waals surface area contributed by atoms with Gasteiger partial charge in [0.05, 0.1) is 23.5 Å². The van der Waals surface area contributed by atoms with Crippen molar-refractivity contribution in [3.63, 3.8) is 0 Å². The number of amides is 1. The van der Waals surface area contributed by atoms with E-state index in [2.05, 4.69) is 24.4 Å². The second-order valence-corrected chi connectivity index (χ2v) is 10.9. The topological polar surface area (TPSA) is 89.5 Å². The summed E-state index contributed by atoms with van der Waals surface area (Å²) in [5, 5.41) is 3.00. The van der Waals surface area contributed by atoms with Crippen LogP contribution in [-0.2, 0) is 24.2 Å². The maximum absolute atomic E-state index is 12.7. The molecule has 160 valence electrons. The highest BCUT2D eigenvalue weighted by atomic mass is 32.2. The molecule has 2 rings (SSSR count). The molecule has 7 heteroatoms. The van der Waals surface area contributed by atoms with Gasteiger partial charge in [0, 0.05) is 5.92 Å². The van der Waals surface area contributed by atoms with Gasteiger partial charge in [-0.2, -0.15) is 0 Å². The predicted octanol–water partition coefficient (Wildman–Crippen LogP) is 3.02. The van der Waals surface area contributed by atoms with Gasteiger partial charge in [0.1, 0.15) is 6.10 Å². The van der Waals surface area contributed by atoms with E-state index in [-0.39, 0.29) is 41.4 Å². The van der Waals surface area contributed by atoms with Crippen molar-refractivity contribution < 1.29 is 22.7 Å². The first kappa shape index (κ1) is 22.9. The standard InChI is InChI=1S/C21H35NO5S/c1-15-10-8-6-4-5-7-9-11-28(25,26)14-17(3)20(23)22-18(12-15)19-13-16(2)21(24)27-19/h4,6,15-19H,5,7-14H2,1-3H3,(H,22,23)/t15-,16-,17-,18+,19+/m1/s1. The first-order valence-corrected chi connectivity index (χ1v) is 12.4. The van der Waals surface area contributed by atoms with Crippen molar-refractivity contribution in [3.8, 4) is 0 Å². The lowest BCUT2D eigenvalue weighted by Gasteiger charge is -2.28. The zero-order valence-electron chi connectivity index (χ0n) is 17.4. The van der Waals surface area contributed by atoms with Crippen molar-refractivity contribution in [2.75, 3.05) is 11.5 Å². The zero-order valence-corrected chi connectivity index (χ0v) is 18.2. The molecule has 0 spiro atoms. The molecule has 0 aliphatic carbocycles. The van der Waals surface area contributed by atoms with Crippen LogP contribution in [0.3, 0.4) is 0 Å². The summed E-state index contributed by atoms with van der Waals surface area (Å²) in [5.74, 6) is -0.949. The number of carbonyl (C=O) groups excluding carboxylic acids is 2. The molecular weight excluding hydrogens is 378 g/mol. The number of carbonyl (C=O) groups is 2. The van der Waals surface area contributed by atoms with E-state index >= 15 is 0 Å².